The standard InChI is InChI=1S/C11H16N2O3S/c1-8(2)13-11(14)7-17(15,16)10-5-3-4-9(12)6-10/h3-6,8H,7,12H2,1-2H3,(H,13,14). The van der Waals surface area contributed by atoms with E-state index in [9.17, 15) is 13.2 Å². The maximum absolute atomic E-state index is 11.9. The molecule has 0 atom stereocenters. The van der Waals surface area contributed by atoms with Crippen LogP contribution in [0, 0.1) is 0 Å². The van der Waals surface area contributed by atoms with Crippen molar-refractivity contribution in [3.8, 4) is 0 Å². The number of hydrogen-bond acceptors (Lipinski definition) is 4. The normalized spacial score (nSPS) is 11.5. The Morgan fingerprint density at radius 3 is 2.59 bits per heavy atom. The summed E-state index contributed by atoms with van der Waals surface area (Å²) in [5, 5.41) is 2.53. The van der Waals surface area contributed by atoms with Gasteiger partial charge in [0, 0.05) is 11.7 Å². The van der Waals surface area contributed by atoms with Gasteiger partial charge in [0.1, 0.15) is 5.75 Å². The second-order valence-electron chi connectivity index (χ2n) is 4.05. The predicted molar refractivity (Wildman–Crippen MR) is 66.2 cm³/mol. The fraction of sp³-hybridized carbons (Fsp3) is 0.364. The molecular formula is C11H16N2O3S. The predicted octanol–water partition coefficient (Wildman–Crippen LogP) is 0.567. The summed E-state index contributed by atoms with van der Waals surface area (Å²) in [6.45, 7) is 3.54. The fourth-order valence-corrected chi connectivity index (χ4v) is 2.52. The van der Waals surface area contributed by atoms with E-state index >= 15 is 0 Å². The van der Waals surface area contributed by atoms with Gasteiger partial charge < -0.3 is 11.1 Å². The highest BCUT2D eigenvalue weighted by atomic mass is 32.2. The maximum Gasteiger partial charge on any atom is 0.235 e. The van der Waals surface area contributed by atoms with Crippen molar-refractivity contribution in [2.24, 2.45) is 0 Å². The molecule has 0 saturated carbocycles. The van der Waals surface area contributed by atoms with E-state index in [0.29, 0.717) is 5.69 Å². The van der Waals surface area contributed by atoms with Gasteiger partial charge in [0.25, 0.3) is 0 Å². The van der Waals surface area contributed by atoms with Gasteiger partial charge in [0.05, 0.1) is 4.90 Å². The van der Waals surface area contributed by atoms with E-state index in [4.69, 9.17) is 5.73 Å². The second kappa shape index (κ2) is 5.18. The summed E-state index contributed by atoms with van der Waals surface area (Å²) in [5.41, 5.74) is 5.86. The van der Waals surface area contributed by atoms with Gasteiger partial charge in [-0.1, -0.05) is 6.07 Å². The first-order chi connectivity index (χ1) is 7.81. The van der Waals surface area contributed by atoms with Gasteiger partial charge in [-0.25, -0.2) is 8.42 Å². The fourth-order valence-electron chi connectivity index (χ4n) is 1.33. The van der Waals surface area contributed by atoms with Crippen molar-refractivity contribution >= 4 is 21.4 Å². The minimum atomic E-state index is -3.62. The van der Waals surface area contributed by atoms with Crippen molar-refractivity contribution < 1.29 is 13.2 Å². The van der Waals surface area contributed by atoms with Crippen molar-refractivity contribution in [1.82, 2.24) is 5.32 Å². The van der Waals surface area contributed by atoms with Crippen LogP contribution in [0.4, 0.5) is 5.69 Å². The molecule has 0 heterocycles. The highest BCUT2D eigenvalue weighted by Gasteiger charge is 2.19. The molecule has 0 aliphatic heterocycles. The number of carbonyl (C=O) groups is 1. The average molecular weight is 256 g/mol. The van der Waals surface area contributed by atoms with Crippen LogP contribution in [0.2, 0.25) is 0 Å². The van der Waals surface area contributed by atoms with Crippen LogP contribution in [0.1, 0.15) is 13.8 Å². The van der Waals surface area contributed by atoms with E-state index in [2.05, 4.69) is 5.32 Å². The minimum absolute atomic E-state index is 0.0661. The first-order valence-corrected chi connectivity index (χ1v) is 6.84. The molecule has 1 aromatic carbocycles. The van der Waals surface area contributed by atoms with E-state index in [1.165, 1.54) is 12.1 Å². The van der Waals surface area contributed by atoms with Crippen molar-refractivity contribution in [2.45, 2.75) is 24.8 Å². The second-order valence-corrected chi connectivity index (χ2v) is 6.04. The zero-order chi connectivity index (χ0) is 13.1. The van der Waals surface area contributed by atoms with Crippen LogP contribution in [0.3, 0.4) is 0 Å². The van der Waals surface area contributed by atoms with Gasteiger partial charge in [-0.2, -0.15) is 0 Å². The van der Waals surface area contributed by atoms with Crippen molar-refractivity contribution in [1.29, 1.82) is 0 Å². The molecule has 6 heteroatoms. The van der Waals surface area contributed by atoms with Crippen LogP contribution in [-0.4, -0.2) is 26.1 Å². The van der Waals surface area contributed by atoms with Crippen molar-refractivity contribution in [3.05, 3.63) is 24.3 Å². The van der Waals surface area contributed by atoms with Gasteiger partial charge >= 0.3 is 0 Å². The number of benzene rings is 1. The summed E-state index contributed by atoms with van der Waals surface area (Å²) in [7, 11) is -3.62. The van der Waals surface area contributed by atoms with Gasteiger partial charge in [-0.05, 0) is 32.0 Å². The monoisotopic (exact) mass is 256 g/mol. The lowest BCUT2D eigenvalue weighted by Crippen LogP contribution is -2.35. The SMILES string of the molecule is CC(C)NC(=O)CS(=O)(=O)c1cccc(N)c1. The van der Waals surface area contributed by atoms with Crippen molar-refractivity contribution in [3.63, 3.8) is 0 Å². The van der Waals surface area contributed by atoms with E-state index in [0.717, 1.165) is 0 Å². The summed E-state index contributed by atoms with van der Waals surface area (Å²) < 4.78 is 23.7. The summed E-state index contributed by atoms with van der Waals surface area (Å²) in [5.74, 6) is -1.07. The largest absolute Gasteiger partial charge is 0.399 e. The number of nitrogens with two attached hydrogens (primary N) is 1. The summed E-state index contributed by atoms with van der Waals surface area (Å²) in [4.78, 5) is 11.5. The van der Waals surface area contributed by atoms with E-state index in [1.807, 2.05) is 0 Å². The lowest BCUT2D eigenvalue weighted by atomic mass is 10.3. The Morgan fingerprint density at radius 2 is 2.06 bits per heavy atom. The Morgan fingerprint density at radius 1 is 1.41 bits per heavy atom. The van der Waals surface area contributed by atoms with E-state index < -0.39 is 21.5 Å². The lowest BCUT2D eigenvalue weighted by Gasteiger charge is -2.09. The molecule has 1 amide bonds. The number of hydrogen-bond donors (Lipinski definition) is 2. The molecule has 0 aliphatic carbocycles. The number of anilines is 1. The Balaban J connectivity index is 2.86. The Hall–Kier alpha value is -1.56. The number of nitrogen functional groups attached to an aromatic ring is 1. The average Bonchev–Trinajstić information content (AvgIpc) is 2.15. The van der Waals surface area contributed by atoms with Crippen LogP contribution in [-0.2, 0) is 14.6 Å². The molecule has 5 nitrogen and oxygen atoms in total. The molecule has 0 spiro atoms. The first kappa shape index (κ1) is 13.5. The topological polar surface area (TPSA) is 89.3 Å². The van der Waals surface area contributed by atoms with Gasteiger partial charge in [-0.3, -0.25) is 4.79 Å². The molecule has 1 aromatic rings. The summed E-state index contributed by atoms with van der Waals surface area (Å²) >= 11 is 0. The molecule has 0 aliphatic rings. The Labute approximate surface area is 101 Å². The number of rotatable bonds is 4. The number of amides is 1. The molecule has 0 fully saturated rings. The molecule has 0 bridgehead atoms. The Bertz CT molecular complexity index is 509. The highest BCUT2D eigenvalue weighted by molar-refractivity contribution is 7.92. The highest BCUT2D eigenvalue weighted by Crippen LogP contribution is 2.14. The maximum atomic E-state index is 11.9. The first-order valence-electron chi connectivity index (χ1n) is 5.19. The molecule has 3 N–H and O–H groups in total. The molecular weight excluding hydrogens is 240 g/mol. The zero-order valence-corrected chi connectivity index (χ0v) is 10.6. The van der Waals surface area contributed by atoms with Crippen LogP contribution in [0.5, 0.6) is 0 Å². The lowest BCUT2D eigenvalue weighted by molar-refractivity contribution is -0.119. The summed E-state index contributed by atoms with van der Waals surface area (Å²) in [6.07, 6.45) is 0. The molecule has 0 radical (unpaired) electrons. The molecule has 17 heavy (non-hydrogen) atoms. The van der Waals surface area contributed by atoms with Gasteiger partial charge in [0.2, 0.25) is 5.91 Å². The third kappa shape index (κ3) is 4.07. The molecule has 94 valence electrons. The van der Waals surface area contributed by atoms with Crippen LogP contribution < -0.4 is 11.1 Å². The quantitative estimate of drug-likeness (QED) is 0.771. The minimum Gasteiger partial charge on any atom is -0.399 e. The van der Waals surface area contributed by atoms with Crippen LogP contribution in [0.15, 0.2) is 29.2 Å². The third-order valence-corrected chi connectivity index (χ3v) is 3.60. The molecule has 1 rings (SSSR count). The number of sulfone groups is 1. The number of carbonyl (C=O) groups excluding carboxylic acids is 1. The van der Waals surface area contributed by atoms with Gasteiger partial charge in [-0.15, -0.1) is 0 Å². The molecule has 0 unspecified atom stereocenters. The van der Waals surface area contributed by atoms with Crippen molar-refractivity contribution in [2.75, 3.05) is 11.5 Å². The zero-order valence-electron chi connectivity index (χ0n) is 9.80. The van der Waals surface area contributed by atoms with E-state index in [1.54, 1.807) is 26.0 Å². The molecule has 0 saturated heterocycles. The van der Waals surface area contributed by atoms with Crippen LogP contribution >= 0.6 is 0 Å². The summed E-state index contributed by atoms with van der Waals surface area (Å²) in [6, 6.07) is 5.82. The van der Waals surface area contributed by atoms with E-state index in [-0.39, 0.29) is 10.9 Å². The smallest absolute Gasteiger partial charge is 0.235 e. The Kier molecular flexibility index (Phi) is 4.11. The third-order valence-electron chi connectivity index (χ3n) is 1.99. The van der Waals surface area contributed by atoms with Crippen LogP contribution in [0.25, 0.3) is 0 Å². The van der Waals surface area contributed by atoms with Gasteiger partial charge in [0.15, 0.2) is 9.84 Å². The molecule has 0 aromatic heterocycles. The number of nitrogens with one attached hydrogen (secondary N) is 1.